The van der Waals surface area contributed by atoms with Crippen molar-refractivity contribution in [1.82, 2.24) is 10.6 Å². The highest BCUT2D eigenvalue weighted by molar-refractivity contribution is 5.85. The number of ether oxygens (including phenoxy) is 4. The zero-order valence-electron chi connectivity index (χ0n) is 12.6. The van der Waals surface area contributed by atoms with E-state index in [-0.39, 0.29) is 49.2 Å². The van der Waals surface area contributed by atoms with E-state index in [0.717, 1.165) is 26.2 Å². The first-order valence-electron chi connectivity index (χ1n) is 6.29. The Hall–Kier alpha value is 0.340. The van der Waals surface area contributed by atoms with Gasteiger partial charge in [-0.05, 0) is 0 Å². The summed E-state index contributed by atoms with van der Waals surface area (Å²) in [4.78, 5) is 0. The lowest BCUT2D eigenvalue weighted by Crippen LogP contribution is -2.27. The van der Waals surface area contributed by atoms with Crippen LogP contribution in [0.2, 0.25) is 0 Å². The molecule has 0 aromatic rings. The van der Waals surface area contributed by atoms with E-state index < -0.39 is 0 Å². The number of hydrogen-bond donors (Lipinski definition) is 2. The Balaban J connectivity index is 0. The summed E-state index contributed by atoms with van der Waals surface area (Å²) in [7, 11) is 6.85. The van der Waals surface area contributed by atoms with Gasteiger partial charge in [0.05, 0.1) is 24.4 Å². The van der Waals surface area contributed by atoms with Crippen LogP contribution in [0.3, 0.4) is 0 Å². The fraction of sp³-hybridized carbons (Fsp3) is 1.00. The van der Waals surface area contributed by atoms with Crippen molar-refractivity contribution in [3.8, 4) is 0 Å². The first kappa shape index (κ1) is 22.6. The fourth-order valence-corrected chi connectivity index (χ4v) is 2.20. The van der Waals surface area contributed by atoms with Crippen LogP contribution in [0.1, 0.15) is 0 Å². The van der Waals surface area contributed by atoms with Crippen LogP contribution in [0.5, 0.6) is 0 Å². The van der Waals surface area contributed by atoms with Gasteiger partial charge in [-0.25, -0.2) is 0 Å². The minimum absolute atomic E-state index is 0. The zero-order chi connectivity index (χ0) is 13.4. The van der Waals surface area contributed by atoms with Crippen LogP contribution >= 0.6 is 24.8 Å². The van der Waals surface area contributed by atoms with E-state index >= 15 is 0 Å². The van der Waals surface area contributed by atoms with Crippen LogP contribution in [-0.2, 0) is 18.9 Å². The SMILES string of the molecule is CO[C@@H]1CNC[C@H]1OC.CO[C@H]1CNC[C@@H]1OC.Cl.Cl. The quantitative estimate of drug-likeness (QED) is 0.759. The van der Waals surface area contributed by atoms with Gasteiger partial charge in [-0.2, -0.15) is 0 Å². The molecule has 0 unspecified atom stereocenters. The van der Waals surface area contributed by atoms with E-state index in [1.165, 1.54) is 0 Å². The number of hydrogen-bond acceptors (Lipinski definition) is 6. The molecule has 0 saturated carbocycles. The van der Waals surface area contributed by atoms with Gasteiger partial charge in [0.15, 0.2) is 0 Å². The number of rotatable bonds is 4. The van der Waals surface area contributed by atoms with Crippen LogP contribution in [0, 0.1) is 0 Å². The first-order valence-corrected chi connectivity index (χ1v) is 6.29. The monoisotopic (exact) mass is 334 g/mol. The first-order chi connectivity index (χ1) is 8.76. The van der Waals surface area contributed by atoms with E-state index in [0.29, 0.717) is 0 Å². The van der Waals surface area contributed by atoms with E-state index in [2.05, 4.69) is 10.6 Å². The third-order valence-corrected chi connectivity index (χ3v) is 3.42. The lowest BCUT2D eigenvalue weighted by Gasteiger charge is -2.14. The summed E-state index contributed by atoms with van der Waals surface area (Å²) in [6.07, 6.45) is 0.981. The Morgan fingerprint density at radius 1 is 0.550 bits per heavy atom. The summed E-state index contributed by atoms with van der Waals surface area (Å²) in [5.74, 6) is 0. The lowest BCUT2D eigenvalue weighted by atomic mass is 10.3. The standard InChI is InChI=1S/2C6H13NO2.2ClH/c2*1-8-5-3-7-4-6(5)9-2;;/h2*5-7H,3-4H2,1-2H3;2*1H/t2*5-,6-;;/m10../s1. The summed E-state index contributed by atoms with van der Waals surface area (Å²) < 4.78 is 20.5. The van der Waals surface area contributed by atoms with Crippen molar-refractivity contribution in [2.45, 2.75) is 24.4 Å². The van der Waals surface area contributed by atoms with Gasteiger partial charge in [0.25, 0.3) is 0 Å². The van der Waals surface area contributed by atoms with Crippen molar-refractivity contribution >= 4 is 24.8 Å². The maximum atomic E-state index is 5.13. The molecule has 0 aromatic heterocycles. The molecule has 2 rings (SSSR count). The molecule has 0 spiro atoms. The van der Waals surface area contributed by atoms with Crippen molar-refractivity contribution in [2.24, 2.45) is 0 Å². The third-order valence-electron chi connectivity index (χ3n) is 3.42. The van der Waals surface area contributed by atoms with E-state index in [4.69, 9.17) is 18.9 Å². The van der Waals surface area contributed by atoms with Crippen molar-refractivity contribution in [3.63, 3.8) is 0 Å². The summed E-state index contributed by atoms with van der Waals surface area (Å²) in [5.41, 5.74) is 0. The highest BCUT2D eigenvalue weighted by Gasteiger charge is 2.26. The minimum Gasteiger partial charge on any atom is -0.377 e. The Morgan fingerprint density at radius 2 is 0.750 bits per heavy atom. The minimum atomic E-state index is 0. The Morgan fingerprint density at radius 3 is 0.900 bits per heavy atom. The van der Waals surface area contributed by atoms with E-state index in [1.54, 1.807) is 28.4 Å². The number of nitrogens with one attached hydrogen (secondary N) is 2. The molecule has 0 amide bonds. The maximum Gasteiger partial charge on any atom is 0.0969 e. The highest BCUT2D eigenvalue weighted by atomic mass is 35.5. The number of methoxy groups -OCH3 is 4. The van der Waals surface area contributed by atoms with Gasteiger partial charge in [0, 0.05) is 54.6 Å². The zero-order valence-corrected chi connectivity index (χ0v) is 14.2. The molecular weight excluding hydrogens is 307 g/mol. The highest BCUT2D eigenvalue weighted by Crippen LogP contribution is 2.06. The van der Waals surface area contributed by atoms with Gasteiger partial charge in [0.1, 0.15) is 0 Å². The predicted molar refractivity (Wildman–Crippen MR) is 83.4 cm³/mol. The normalized spacial score (nSPS) is 31.8. The Kier molecular flexibility index (Phi) is 14.7. The molecule has 0 bridgehead atoms. The van der Waals surface area contributed by atoms with Crippen LogP contribution in [0.4, 0.5) is 0 Å². The molecular formula is C12H28Cl2N2O4. The summed E-state index contributed by atoms with van der Waals surface area (Å²) in [5, 5.41) is 6.35. The van der Waals surface area contributed by atoms with Crippen LogP contribution < -0.4 is 10.6 Å². The van der Waals surface area contributed by atoms with Crippen LogP contribution in [-0.4, -0.2) is 79.0 Å². The van der Waals surface area contributed by atoms with Gasteiger partial charge in [-0.3, -0.25) is 0 Å². The van der Waals surface area contributed by atoms with Crippen LogP contribution in [0.15, 0.2) is 0 Å². The van der Waals surface area contributed by atoms with Gasteiger partial charge in [-0.15, -0.1) is 24.8 Å². The topological polar surface area (TPSA) is 61.0 Å². The fourth-order valence-electron chi connectivity index (χ4n) is 2.20. The molecule has 4 atom stereocenters. The molecule has 8 heteroatoms. The Bertz CT molecular complexity index is 186. The van der Waals surface area contributed by atoms with Crippen molar-refractivity contribution in [2.75, 3.05) is 54.6 Å². The second kappa shape index (κ2) is 13.0. The predicted octanol–water partition coefficient (Wildman–Crippen LogP) is 0.0828. The van der Waals surface area contributed by atoms with Crippen molar-refractivity contribution in [3.05, 3.63) is 0 Å². The molecule has 2 fully saturated rings. The molecule has 0 aliphatic carbocycles. The number of halogens is 2. The molecule has 2 N–H and O–H groups in total. The lowest BCUT2D eigenvalue weighted by molar-refractivity contribution is -0.00461. The van der Waals surface area contributed by atoms with Gasteiger partial charge >= 0.3 is 0 Å². The van der Waals surface area contributed by atoms with Gasteiger partial charge in [0.2, 0.25) is 0 Å². The average molecular weight is 335 g/mol. The van der Waals surface area contributed by atoms with E-state index in [1.807, 2.05) is 0 Å². The van der Waals surface area contributed by atoms with Gasteiger partial charge < -0.3 is 29.6 Å². The molecule has 0 aromatic carbocycles. The van der Waals surface area contributed by atoms with E-state index in [9.17, 15) is 0 Å². The molecule has 20 heavy (non-hydrogen) atoms. The summed E-state index contributed by atoms with van der Waals surface area (Å²) >= 11 is 0. The molecule has 0 radical (unpaired) electrons. The second-order valence-corrected chi connectivity index (χ2v) is 4.41. The maximum absolute atomic E-state index is 5.13. The molecule has 2 heterocycles. The summed E-state index contributed by atoms with van der Waals surface area (Å²) in [6.45, 7) is 3.65. The molecule has 124 valence electrons. The molecule has 2 aliphatic rings. The second-order valence-electron chi connectivity index (χ2n) is 4.41. The summed E-state index contributed by atoms with van der Waals surface area (Å²) in [6, 6.07) is 0. The van der Waals surface area contributed by atoms with Gasteiger partial charge in [-0.1, -0.05) is 0 Å². The smallest absolute Gasteiger partial charge is 0.0969 e. The average Bonchev–Trinajstić information content (AvgIpc) is 3.06. The third kappa shape index (κ3) is 6.87. The Labute approximate surface area is 134 Å². The van der Waals surface area contributed by atoms with Crippen molar-refractivity contribution in [1.29, 1.82) is 0 Å². The largest absolute Gasteiger partial charge is 0.377 e. The molecule has 2 aliphatic heterocycles. The molecule has 2 saturated heterocycles. The molecule has 6 nitrogen and oxygen atoms in total. The van der Waals surface area contributed by atoms with Crippen LogP contribution in [0.25, 0.3) is 0 Å². The van der Waals surface area contributed by atoms with Crippen molar-refractivity contribution < 1.29 is 18.9 Å².